The Hall–Kier alpha value is -1.11. The summed E-state index contributed by atoms with van der Waals surface area (Å²) in [5.41, 5.74) is 0.890. The zero-order chi connectivity index (χ0) is 12.7. The second-order valence-electron chi connectivity index (χ2n) is 4.25. The Morgan fingerprint density at radius 1 is 1.56 bits per heavy atom. The maximum Gasteiger partial charge on any atom is 0.147 e. The Kier molecular flexibility index (Phi) is 3.01. The number of carbonyl (C=O) groups excluding carboxylic acids is 1. The number of phenols is 1. The first-order chi connectivity index (χ1) is 8.63. The lowest BCUT2D eigenvalue weighted by Crippen LogP contribution is -2.32. The summed E-state index contributed by atoms with van der Waals surface area (Å²) < 4.78 is 0.971. The van der Waals surface area contributed by atoms with Crippen LogP contribution in [-0.4, -0.2) is 27.7 Å². The number of benzene rings is 1. The van der Waals surface area contributed by atoms with Crippen molar-refractivity contribution < 1.29 is 9.90 Å². The van der Waals surface area contributed by atoms with E-state index in [2.05, 4.69) is 10.3 Å². The quantitative estimate of drug-likeness (QED) is 0.884. The van der Waals surface area contributed by atoms with E-state index in [0.29, 0.717) is 0 Å². The van der Waals surface area contributed by atoms with Gasteiger partial charge in [-0.15, -0.1) is 23.1 Å². The fourth-order valence-corrected chi connectivity index (χ4v) is 4.35. The van der Waals surface area contributed by atoms with Gasteiger partial charge >= 0.3 is 0 Å². The molecule has 0 bridgehead atoms. The summed E-state index contributed by atoms with van der Waals surface area (Å²) in [5.74, 6) is 1.22. The number of fused-ring (bicyclic) bond motifs is 1. The third kappa shape index (κ3) is 2.11. The molecule has 94 valence electrons. The molecule has 6 heteroatoms. The Bertz CT molecular complexity index is 611. The number of rotatable bonds is 2. The molecule has 0 radical (unpaired) electrons. The van der Waals surface area contributed by atoms with Crippen LogP contribution in [0.5, 0.6) is 5.75 Å². The van der Waals surface area contributed by atoms with Crippen molar-refractivity contribution >= 4 is 39.1 Å². The normalized spacial score (nSPS) is 23.6. The number of aromatic hydroxyl groups is 1. The maximum atomic E-state index is 11.3. The van der Waals surface area contributed by atoms with E-state index in [1.165, 1.54) is 0 Å². The second kappa shape index (κ2) is 4.53. The monoisotopic (exact) mass is 280 g/mol. The number of aromatic nitrogens is 1. The topological polar surface area (TPSA) is 62.2 Å². The molecule has 2 atom stereocenters. The number of thiazole rings is 1. The summed E-state index contributed by atoms with van der Waals surface area (Å²) in [6, 6.07) is 5.10. The Labute approximate surface area is 112 Å². The van der Waals surface area contributed by atoms with E-state index < -0.39 is 0 Å². The smallest absolute Gasteiger partial charge is 0.147 e. The largest absolute Gasteiger partial charge is 0.508 e. The first kappa shape index (κ1) is 12.0. The van der Waals surface area contributed by atoms with Gasteiger partial charge in [0.15, 0.2) is 0 Å². The maximum absolute atomic E-state index is 11.3. The van der Waals surface area contributed by atoms with Crippen LogP contribution >= 0.6 is 23.1 Å². The number of carbonyl (C=O) groups is 1. The molecule has 3 rings (SSSR count). The molecule has 1 aliphatic heterocycles. The van der Waals surface area contributed by atoms with Gasteiger partial charge in [0.2, 0.25) is 0 Å². The summed E-state index contributed by atoms with van der Waals surface area (Å²) >= 11 is 3.26. The lowest BCUT2D eigenvalue weighted by Gasteiger charge is -2.07. The molecule has 0 amide bonds. The van der Waals surface area contributed by atoms with Gasteiger partial charge in [-0.25, -0.2) is 4.98 Å². The number of Topliss-reactive ketones (excluding diaryl/α,β-unsaturated/α-hetero) is 1. The summed E-state index contributed by atoms with van der Waals surface area (Å²) in [7, 11) is 0. The molecule has 1 aromatic heterocycles. The summed E-state index contributed by atoms with van der Waals surface area (Å²) in [5, 5.41) is 13.8. The van der Waals surface area contributed by atoms with Crippen molar-refractivity contribution in [1.82, 2.24) is 10.3 Å². The van der Waals surface area contributed by atoms with Gasteiger partial charge < -0.3 is 5.11 Å². The van der Waals surface area contributed by atoms with Crippen molar-refractivity contribution in [3.63, 3.8) is 0 Å². The molecule has 4 nitrogen and oxygen atoms in total. The molecule has 0 spiro atoms. The van der Waals surface area contributed by atoms with E-state index in [9.17, 15) is 9.90 Å². The predicted molar refractivity (Wildman–Crippen MR) is 74.1 cm³/mol. The Morgan fingerprint density at radius 2 is 2.39 bits per heavy atom. The van der Waals surface area contributed by atoms with Gasteiger partial charge in [0.1, 0.15) is 21.9 Å². The zero-order valence-electron chi connectivity index (χ0n) is 9.71. The second-order valence-corrected chi connectivity index (χ2v) is 6.45. The fourth-order valence-electron chi connectivity index (χ4n) is 1.89. The fraction of sp³-hybridized carbons (Fsp3) is 0.333. The van der Waals surface area contributed by atoms with Crippen LogP contribution in [0.2, 0.25) is 0 Å². The third-order valence-electron chi connectivity index (χ3n) is 2.89. The van der Waals surface area contributed by atoms with Crippen LogP contribution in [0.25, 0.3) is 10.2 Å². The summed E-state index contributed by atoms with van der Waals surface area (Å²) in [6.07, 6.45) is 0. The number of hydrogen-bond acceptors (Lipinski definition) is 6. The first-order valence-electron chi connectivity index (χ1n) is 5.61. The van der Waals surface area contributed by atoms with Crippen molar-refractivity contribution in [2.24, 2.45) is 0 Å². The van der Waals surface area contributed by atoms with Crippen molar-refractivity contribution in [2.75, 3.05) is 5.75 Å². The minimum Gasteiger partial charge on any atom is -0.508 e. The summed E-state index contributed by atoms with van der Waals surface area (Å²) in [4.78, 5) is 15.9. The van der Waals surface area contributed by atoms with Crippen molar-refractivity contribution in [2.45, 2.75) is 18.3 Å². The van der Waals surface area contributed by atoms with Crippen LogP contribution in [0, 0.1) is 0 Å². The SMILES string of the molecule is CC(=O)[C@H]1CSC(c2nc3ccc(O)cc3s2)N1. The van der Waals surface area contributed by atoms with Crippen LogP contribution in [0.3, 0.4) is 0 Å². The van der Waals surface area contributed by atoms with Crippen LogP contribution in [0.4, 0.5) is 0 Å². The van der Waals surface area contributed by atoms with Crippen LogP contribution in [-0.2, 0) is 4.79 Å². The van der Waals surface area contributed by atoms with Gasteiger partial charge in [-0.1, -0.05) is 0 Å². The number of thioether (sulfide) groups is 1. The first-order valence-corrected chi connectivity index (χ1v) is 7.47. The van der Waals surface area contributed by atoms with Gasteiger partial charge in [-0.2, -0.15) is 0 Å². The van der Waals surface area contributed by atoms with E-state index in [4.69, 9.17) is 0 Å². The lowest BCUT2D eigenvalue weighted by atomic mass is 10.2. The predicted octanol–water partition coefficient (Wildman–Crippen LogP) is 2.29. The van der Waals surface area contributed by atoms with Gasteiger partial charge in [0, 0.05) is 5.75 Å². The van der Waals surface area contributed by atoms with E-state index in [1.54, 1.807) is 42.2 Å². The molecule has 1 saturated heterocycles. The van der Waals surface area contributed by atoms with Gasteiger partial charge in [0.05, 0.1) is 16.3 Å². The van der Waals surface area contributed by atoms with Crippen LogP contribution in [0.15, 0.2) is 18.2 Å². The molecule has 0 aliphatic carbocycles. The zero-order valence-corrected chi connectivity index (χ0v) is 11.3. The average molecular weight is 280 g/mol. The number of ketones is 1. The Balaban J connectivity index is 1.89. The highest BCUT2D eigenvalue weighted by Crippen LogP contribution is 2.37. The highest BCUT2D eigenvalue weighted by atomic mass is 32.2. The van der Waals surface area contributed by atoms with E-state index in [-0.39, 0.29) is 22.9 Å². The molecule has 2 aromatic rings. The minimum absolute atomic E-state index is 0.0691. The molecule has 1 aromatic carbocycles. The van der Waals surface area contributed by atoms with Crippen LogP contribution in [0.1, 0.15) is 17.3 Å². The standard InChI is InChI=1S/C12H12N2O2S2/c1-6(15)9-5-17-11(14-9)12-13-8-3-2-7(16)4-10(8)18-12/h2-4,9,11,14,16H,5H2,1H3/t9-,11?/m1/s1. The molecule has 2 heterocycles. The van der Waals surface area contributed by atoms with Gasteiger partial charge in [0.25, 0.3) is 0 Å². The number of hydrogen-bond donors (Lipinski definition) is 2. The highest BCUT2D eigenvalue weighted by Gasteiger charge is 2.30. The third-order valence-corrected chi connectivity index (χ3v) is 5.34. The van der Waals surface area contributed by atoms with E-state index in [0.717, 1.165) is 21.0 Å². The molecule has 1 unspecified atom stereocenters. The molecule has 18 heavy (non-hydrogen) atoms. The van der Waals surface area contributed by atoms with E-state index >= 15 is 0 Å². The number of nitrogens with one attached hydrogen (secondary N) is 1. The highest BCUT2D eigenvalue weighted by molar-refractivity contribution is 7.99. The Morgan fingerprint density at radius 3 is 3.11 bits per heavy atom. The molecular formula is C12H12N2O2S2. The van der Waals surface area contributed by atoms with Crippen molar-refractivity contribution in [3.8, 4) is 5.75 Å². The van der Waals surface area contributed by atoms with Crippen molar-refractivity contribution in [1.29, 1.82) is 0 Å². The van der Waals surface area contributed by atoms with Crippen molar-refractivity contribution in [3.05, 3.63) is 23.2 Å². The molecular weight excluding hydrogens is 268 g/mol. The molecule has 2 N–H and O–H groups in total. The molecule has 1 aliphatic rings. The van der Waals surface area contributed by atoms with Gasteiger partial charge in [-0.05, 0) is 25.1 Å². The average Bonchev–Trinajstić information content (AvgIpc) is 2.93. The number of phenolic OH excluding ortho intramolecular Hbond substituents is 1. The van der Waals surface area contributed by atoms with Crippen LogP contribution < -0.4 is 5.32 Å². The summed E-state index contributed by atoms with van der Waals surface area (Å²) in [6.45, 7) is 1.61. The molecule has 1 fully saturated rings. The minimum atomic E-state index is -0.0691. The number of nitrogens with zero attached hydrogens (tertiary/aromatic N) is 1. The molecule has 0 saturated carbocycles. The lowest BCUT2D eigenvalue weighted by molar-refractivity contribution is -0.118. The van der Waals surface area contributed by atoms with E-state index in [1.807, 2.05) is 6.07 Å². The van der Waals surface area contributed by atoms with Gasteiger partial charge in [-0.3, -0.25) is 10.1 Å².